The van der Waals surface area contributed by atoms with Gasteiger partial charge in [-0.2, -0.15) is 0 Å². The van der Waals surface area contributed by atoms with E-state index in [1.165, 1.54) is 25.7 Å². The molecular weight excluding hydrogens is 290 g/mol. The van der Waals surface area contributed by atoms with Crippen molar-refractivity contribution in [2.75, 3.05) is 0 Å². The second kappa shape index (κ2) is 6.10. The van der Waals surface area contributed by atoms with E-state index in [0.29, 0.717) is 18.5 Å². The zero-order valence-corrected chi connectivity index (χ0v) is 13.1. The van der Waals surface area contributed by atoms with Crippen molar-refractivity contribution in [2.45, 2.75) is 44.7 Å². The Kier molecular flexibility index (Phi) is 3.81. The summed E-state index contributed by atoms with van der Waals surface area (Å²) in [6.07, 6.45) is 7.95. The molecule has 2 aliphatic rings. The van der Waals surface area contributed by atoms with E-state index in [2.05, 4.69) is 20.8 Å². The minimum atomic E-state index is 0.0523. The molecule has 1 N–H and O–H groups in total. The maximum atomic E-state index is 12.5. The Balaban J connectivity index is 1.38. The van der Waals surface area contributed by atoms with Gasteiger partial charge in [0.05, 0.1) is 6.54 Å². The number of aromatic nitrogens is 4. The molecule has 2 fully saturated rings. The van der Waals surface area contributed by atoms with E-state index >= 15 is 0 Å². The number of nitrogens with one attached hydrogen (secondary N) is 1. The predicted molar refractivity (Wildman–Crippen MR) is 84.7 cm³/mol. The average Bonchev–Trinajstić information content (AvgIpc) is 3.28. The Labute approximate surface area is 135 Å². The van der Waals surface area contributed by atoms with Crippen LogP contribution in [0.2, 0.25) is 0 Å². The first-order valence-corrected chi connectivity index (χ1v) is 8.40. The van der Waals surface area contributed by atoms with Gasteiger partial charge in [-0.1, -0.05) is 25.0 Å². The van der Waals surface area contributed by atoms with Crippen LogP contribution in [0, 0.1) is 11.8 Å². The summed E-state index contributed by atoms with van der Waals surface area (Å²) in [5.41, 5.74) is 1.80. The summed E-state index contributed by atoms with van der Waals surface area (Å²) in [6, 6.07) is 8.07. The summed E-state index contributed by atoms with van der Waals surface area (Å²) in [6.45, 7) is 0.612. The van der Waals surface area contributed by atoms with Crippen LogP contribution in [0.25, 0.3) is 0 Å². The third-order valence-electron chi connectivity index (χ3n) is 5.35. The van der Waals surface area contributed by atoms with Crippen LogP contribution in [0.3, 0.4) is 0 Å². The summed E-state index contributed by atoms with van der Waals surface area (Å²) in [5.74, 6) is 1.61. The maximum Gasteiger partial charge on any atom is 0.251 e. The number of benzene rings is 1. The molecule has 1 aromatic carbocycles. The lowest BCUT2D eigenvalue weighted by Crippen LogP contribution is -2.37. The van der Waals surface area contributed by atoms with Gasteiger partial charge in [0.2, 0.25) is 0 Å². The van der Waals surface area contributed by atoms with E-state index in [-0.39, 0.29) is 5.91 Å². The summed E-state index contributed by atoms with van der Waals surface area (Å²) in [7, 11) is 0. The molecule has 1 aromatic heterocycles. The van der Waals surface area contributed by atoms with Crippen LogP contribution >= 0.6 is 0 Å². The topological polar surface area (TPSA) is 72.7 Å². The van der Waals surface area contributed by atoms with Crippen molar-refractivity contribution in [1.29, 1.82) is 0 Å². The molecule has 120 valence electrons. The van der Waals surface area contributed by atoms with Crippen molar-refractivity contribution in [3.8, 4) is 0 Å². The van der Waals surface area contributed by atoms with E-state index in [0.717, 1.165) is 23.5 Å². The van der Waals surface area contributed by atoms with Crippen LogP contribution in [-0.4, -0.2) is 32.2 Å². The number of hydrogen-bond donors (Lipinski definition) is 1. The highest BCUT2D eigenvalue weighted by atomic mass is 16.1. The van der Waals surface area contributed by atoms with Gasteiger partial charge in [-0.25, -0.2) is 4.68 Å². The minimum absolute atomic E-state index is 0.0523. The second-order valence-corrected chi connectivity index (χ2v) is 6.72. The molecule has 2 aliphatic carbocycles. The number of carbonyl (C=O) groups excluding carboxylic acids is 1. The van der Waals surface area contributed by atoms with Crippen LogP contribution in [-0.2, 0) is 6.54 Å². The quantitative estimate of drug-likeness (QED) is 0.937. The van der Waals surface area contributed by atoms with Crippen molar-refractivity contribution in [3.05, 3.63) is 41.7 Å². The number of nitrogens with zero attached hydrogens (tertiary/aromatic N) is 4. The lowest BCUT2D eigenvalue weighted by molar-refractivity contribution is 0.0926. The molecule has 0 bridgehead atoms. The van der Waals surface area contributed by atoms with Crippen molar-refractivity contribution < 1.29 is 4.79 Å². The summed E-state index contributed by atoms with van der Waals surface area (Å²) < 4.78 is 1.66. The molecule has 4 rings (SSSR count). The zero-order valence-electron chi connectivity index (χ0n) is 13.1. The monoisotopic (exact) mass is 311 g/mol. The van der Waals surface area contributed by atoms with E-state index < -0.39 is 0 Å². The van der Waals surface area contributed by atoms with E-state index in [1.54, 1.807) is 11.0 Å². The fraction of sp³-hybridized carbons (Fsp3) is 0.529. The number of hydrogen-bond acceptors (Lipinski definition) is 4. The number of rotatable bonds is 4. The second-order valence-electron chi connectivity index (χ2n) is 6.72. The van der Waals surface area contributed by atoms with Crippen LogP contribution < -0.4 is 5.32 Å². The molecule has 3 atom stereocenters. The molecule has 23 heavy (non-hydrogen) atoms. The smallest absolute Gasteiger partial charge is 0.251 e. The van der Waals surface area contributed by atoms with Gasteiger partial charge >= 0.3 is 0 Å². The first-order chi connectivity index (χ1) is 11.3. The number of amides is 1. The third kappa shape index (κ3) is 2.98. The fourth-order valence-corrected chi connectivity index (χ4v) is 4.19. The first kappa shape index (κ1) is 14.4. The van der Waals surface area contributed by atoms with Gasteiger partial charge in [0.1, 0.15) is 6.33 Å². The molecule has 0 spiro atoms. The molecule has 0 unspecified atom stereocenters. The van der Waals surface area contributed by atoms with Gasteiger partial charge in [0.25, 0.3) is 5.91 Å². The molecule has 0 radical (unpaired) electrons. The van der Waals surface area contributed by atoms with Crippen molar-refractivity contribution in [2.24, 2.45) is 11.8 Å². The summed E-state index contributed by atoms with van der Waals surface area (Å²) in [4.78, 5) is 12.5. The molecule has 2 saturated carbocycles. The Morgan fingerprint density at radius 3 is 2.83 bits per heavy atom. The van der Waals surface area contributed by atoms with Crippen LogP contribution in [0.5, 0.6) is 0 Å². The van der Waals surface area contributed by atoms with E-state index in [9.17, 15) is 4.79 Å². The Bertz CT molecular complexity index is 667. The normalized spacial score (nSPS) is 26.2. The number of tetrazole rings is 1. The minimum Gasteiger partial charge on any atom is -0.349 e. The molecule has 0 aliphatic heterocycles. The molecule has 6 nitrogen and oxygen atoms in total. The Morgan fingerprint density at radius 2 is 2.04 bits per heavy atom. The SMILES string of the molecule is O=C(N[C@@H]1CC[C@H]2CCC[C@H]21)c1ccc(Cn2cnnn2)cc1. The molecule has 1 amide bonds. The van der Waals surface area contributed by atoms with E-state index in [4.69, 9.17) is 0 Å². The van der Waals surface area contributed by atoms with Gasteiger partial charge in [0.15, 0.2) is 0 Å². The van der Waals surface area contributed by atoms with E-state index in [1.807, 2.05) is 24.3 Å². The maximum absolute atomic E-state index is 12.5. The first-order valence-electron chi connectivity index (χ1n) is 8.40. The lowest BCUT2D eigenvalue weighted by atomic mass is 9.97. The van der Waals surface area contributed by atoms with Crippen molar-refractivity contribution >= 4 is 5.91 Å². The van der Waals surface area contributed by atoms with Gasteiger partial charge in [-0.3, -0.25) is 4.79 Å². The highest BCUT2D eigenvalue weighted by molar-refractivity contribution is 5.94. The Morgan fingerprint density at radius 1 is 1.17 bits per heavy atom. The lowest BCUT2D eigenvalue weighted by Gasteiger charge is -2.20. The van der Waals surface area contributed by atoms with Gasteiger partial charge < -0.3 is 5.32 Å². The largest absolute Gasteiger partial charge is 0.349 e. The number of carbonyl (C=O) groups is 1. The molecule has 2 aromatic rings. The fourth-order valence-electron chi connectivity index (χ4n) is 4.19. The average molecular weight is 311 g/mol. The highest BCUT2D eigenvalue weighted by Gasteiger charge is 2.39. The zero-order chi connectivity index (χ0) is 15.6. The highest BCUT2D eigenvalue weighted by Crippen LogP contribution is 2.43. The van der Waals surface area contributed by atoms with Gasteiger partial charge in [-0.05, 0) is 59.2 Å². The van der Waals surface area contributed by atoms with Crippen LogP contribution in [0.15, 0.2) is 30.6 Å². The third-order valence-corrected chi connectivity index (χ3v) is 5.35. The van der Waals surface area contributed by atoms with Crippen LogP contribution in [0.1, 0.15) is 48.0 Å². The standard InChI is InChI=1S/C17H21N5O/c23-17(19-16-9-8-13-2-1-3-15(13)16)14-6-4-12(5-7-14)10-22-11-18-20-21-22/h4-7,11,13,15-16H,1-3,8-10H2,(H,19,23)/t13-,15-,16-/m1/s1. The summed E-state index contributed by atoms with van der Waals surface area (Å²) in [5, 5.41) is 14.3. The molecular formula is C17H21N5O. The van der Waals surface area contributed by atoms with Crippen molar-refractivity contribution in [1.82, 2.24) is 25.5 Å². The summed E-state index contributed by atoms with van der Waals surface area (Å²) >= 11 is 0. The van der Waals surface area contributed by atoms with Crippen molar-refractivity contribution in [3.63, 3.8) is 0 Å². The molecule has 6 heteroatoms. The van der Waals surface area contributed by atoms with Gasteiger partial charge in [-0.15, -0.1) is 5.10 Å². The Hall–Kier alpha value is -2.24. The van der Waals surface area contributed by atoms with Crippen LogP contribution in [0.4, 0.5) is 0 Å². The molecule has 1 heterocycles. The predicted octanol–water partition coefficient (Wildman–Crippen LogP) is 2.03. The number of fused-ring (bicyclic) bond motifs is 1. The van der Waals surface area contributed by atoms with Gasteiger partial charge in [0, 0.05) is 11.6 Å². The molecule has 0 saturated heterocycles.